The van der Waals surface area contributed by atoms with Crippen LogP contribution in [0.2, 0.25) is 0 Å². The predicted octanol–water partition coefficient (Wildman–Crippen LogP) is 0.823. The number of rotatable bonds is 6. The van der Waals surface area contributed by atoms with E-state index in [-0.39, 0.29) is 19.0 Å². The monoisotopic (exact) mass is 300 g/mol. The molecule has 22 heavy (non-hydrogen) atoms. The van der Waals surface area contributed by atoms with Crippen molar-refractivity contribution in [1.82, 2.24) is 19.6 Å². The van der Waals surface area contributed by atoms with E-state index < -0.39 is 0 Å². The molecule has 1 saturated heterocycles. The number of hydrogen-bond donors (Lipinski definition) is 0. The average molecular weight is 300 g/mol. The minimum absolute atomic E-state index is 0.0293. The fraction of sp³-hybridized carbons (Fsp3) is 0.600. The molecule has 1 aliphatic heterocycles. The van der Waals surface area contributed by atoms with Gasteiger partial charge in [0, 0.05) is 37.8 Å². The number of likely N-dealkylation sites (tertiary alicyclic amines) is 1. The summed E-state index contributed by atoms with van der Waals surface area (Å²) in [5.41, 5.74) is 1.18. The van der Waals surface area contributed by atoms with Crippen LogP contribution in [0, 0.1) is 22.7 Å². The second kappa shape index (κ2) is 7.58. The third-order valence-corrected chi connectivity index (χ3v) is 3.96. The van der Waals surface area contributed by atoms with Gasteiger partial charge in [0.25, 0.3) is 0 Å². The molecule has 0 radical (unpaired) electrons. The third kappa shape index (κ3) is 3.84. The average Bonchev–Trinajstić information content (AvgIpc) is 3.12. The van der Waals surface area contributed by atoms with Crippen LogP contribution in [0.1, 0.15) is 30.9 Å². The molecule has 0 N–H and O–H groups in total. The molecule has 7 heteroatoms. The van der Waals surface area contributed by atoms with E-state index >= 15 is 0 Å². The number of nitriles is 2. The number of hydrogen-bond acceptors (Lipinski definition) is 5. The quantitative estimate of drug-likeness (QED) is 0.726. The largest absolute Gasteiger partial charge is 0.316 e. The minimum Gasteiger partial charge on any atom is -0.316 e. The maximum Gasteiger partial charge on any atom is 0.225 e. The summed E-state index contributed by atoms with van der Waals surface area (Å²) in [5, 5.41) is 21.6. The van der Waals surface area contributed by atoms with Crippen molar-refractivity contribution in [2.24, 2.45) is 7.05 Å². The summed E-state index contributed by atoms with van der Waals surface area (Å²) in [4.78, 5) is 15.7. The number of aryl methyl sites for hydroxylation is 1. The number of carbonyl (C=O) groups excluding carboxylic acids is 1. The highest BCUT2D eigenvalue weighted by Crippen LogP contribution is 2.31. The van der Waals surface area contributed by atoms with Gasteiger partial charge in [-0.15, -0.1) is 0 Å². The smallest absolute Gasteiger partial charge is 0.225 e. The van der Waals surface area contributed by atoms with Gasteiger partial charge in [0.1, 0.15) is 13.1 Å². The van der Waals surface area contributed by atoms with E-state index in [0.29, 0.717) is 19.0 Å². The molecular weight excluding hydrogens is 280 g/mol. The second-order valence-corrected chi connectivity index (χ2v) is 5.46. The summed E-state index contributed by atoms with van der Waals surface area (Å²) < 4.78 is 1.79. The molecule has 0 bridgehead atoms. The lowest BCUT2D eigenvalue weighted by molar-refractivity contribution is -0.130. The van der Waals surface area contributed by atoms with E-state index in [0.717, 1.165) is 19.4 Å². The Morgan fingerprint density at radius 1 is 1.45 bits per heavy atom. The van der Waals surface area contributed by atoms with E-state index in [4.69, 9.17) is 10.5 Å². The van der Waals surface area contributed by atoms with Crippen molar-refractivity contribution in [3.8, 4) is 12.1 Å². The molecule has 1 aliphatic rings. The van der Waals surface area contributed by atoms with Gasteiger partial charge in [-0.1, -0.05) is 0 Å². The molecule has 116 valence electrons. The fourth-order valence-electron chi connectivity index (χ4n) is 2.88. The number of amides is 1. The Morgan fingerprint density at radius 3 is 2.77 bits per heavy atom. The summed E-state index contributed by atoms with van der Waals surface area (Å²) in [6, 6.07) is 4.16. The first-order valence-electron chi connectivity index (χ1n) is 7.40. The molecule has 0 saturated carbocycles. The Balaban J connectivity index is 1.91. The first-order valence-corrected chi connectivity index (χ1v) is 7.40. The van der Waals surface area contributed by atoms with Crippen LogP contribution in [0.3, 0.4) is 0 Å². The van der Waals surface area contributed by atoms with Gasteiger partial charge in [0.15, 0.2) is 0 Å². The van der Waals surface area contributed by atoms with Crippen LogP contribution in [0.4, 0.5) is 0 Å². The summed E-state index contributed by atoms with van der Waals surface area (Å²) in [6.07, 6.45) is 6.40. The molecule has 2 heterocycles. The highest BCUT2D eigenvalue weighted by Gasteiger charge is 2.27. The van der Waals surface area contributed by atoms with Crippen LogP contribution >= 0.6 is 0 Å². The third-order valence-electron chi connectivity index (χ3n) is 3.96. The van der Waals surface area contributed by atoms with Crippen LogP contribution in [-0.4, -0.2) is 51.7 Å². The van der Waals surface area contributed by atoms with E-state index in [9.17, 15) is 4.79 Å². The summed E-state index contributed by atoms with van der Waals surface area (Å²) in [6.45, 7) is 1.55. The summed E-state index contributed by atoms with van der Waals surface area (Å²) in [5.74, 6) is -0.139. The van der Waals surface area contributed by atoms with Crippen LogP contribution in [0.5, 0.6) is 0 Å². The summed E-state index contributed by atoms with van der Waals surface area (Å²) >= 11 is 0. The van der Waals surface area contributed by atoms with Crippen molar-refractivity contribution in [1.29, 1.82) is 10.5 Å². The molecule has 7 nitrogen and oxygen atoms in total. The van der Waals surface area contributed by atoms with E-state index in [2.05, 4.69) is 10.00 Å². The lowest BCUT2D eigenvalue weighted by Gasteiger charge is -2.24. The van der Waals surface area contributed by atoms with Gasteiger partial charge in [0.05, 0.1) is 18.3 Å². The number of nitrogens with zero attached hydrogens (tertiary/aromatic N) is 6. The van der Waals surface area contributed by atoms with Crippen molar-refractivity contribution in [3.05, 3.63) is 18.0 Å². The van der Waals surface area contributed by atoms with E-state index in [1.165, 1.54) is 10.5 Å². The van der Waals surface area contributed by atoms with E-state index in [1.807, 2.05) is 31.6 Å². The fourth-order valence-corrected chi connectivity index (χ4v) is 2.88. The molecule has 1 amide bonds. The van der Waals surface area contributed by atoms with Gasteiger partial charge in [-0.3, -0.25) is 14.4 Å². The zero-order chi connectivity index (χ0) is 15.9. The molecule has 1 aromatic heterocycles. The molecule has 2 rings (SSSR count). The first kappa shape index (κ1) is 16.0. The molecule has 0 aliphatic carbocycles. The highest BCUT2D eigenvalue weighted by atomic mass is 16.2. The highest BCUT2D eigenvalue weighted by molar-refractivity contribution is 5.76. The Morgan fingerprint density at radius 2 is 2.18 bits per heavy atom. The van der Waals surface area contributed by atoms with Gasteiger partial charge in [-0.05, 0) is 19.4 Å². The van der Waals surface area contributed by atoms with Crippen molar-refractivity contribution < 1.29 is 4.79 Å². The second-order valence-electron chi connectivity index (χ2n) is 5.46. The zero-order valence-corrected chi connectivity index (χ0v) is 12.8. The van der Waals surface area contributed by atoms with Crippen LogP contribution < -0.4 is 0 Å². The topological polar surface area (TPSA) is 89.0 Å². The van der Waals surface area contributed by atoms with Gasteiger partial charge >= 0.3 is 0 Å². The van der Waals surface area contributed by atoms with Crippen LogP contribution in [0.25, 0.3) is 0 Å². The molecule has 1 fully saturated rings. The zero-order valence-electron chi connectivity index (χ0n) is 12.8. The minimum atomic E-state index is -0.139. The number of aromatic nitrogens is 2. The molecule has 1 atom stereocenters. The van der Waals surface area contributed by atoms with Gasteiger partial charge in [-0.25, -0.2) is 0 Å². The summed E-state index contributed by atoms with van der Waals surface area (Å²) in [7, 11) is 1.90. The van der Waals surface area contributed by atoms with Gasteiger partial charge < -0.3 is 4.90 Å². The van der Waals surface area contributed by atoms with Gasteiger partial charge in [-0.2, -0.15) is 15.6 Å². The van der Waals surface area contributed by atoms with Crippen LogP contribution in [0.15, 0.2) is 12.4 Å². The van der Waals surface area contributed by atoms with E-state index in [1.54, 1.807) is 4.68 Å². The van der Waals surface area contributed by atoms with Crippen LogP contribution in [-0.2, 0) is 11.8 Å². The lowest BCUT2D eigenvalue weighted by Crippen LogP contribution is -2.35. The Bertz CT molecular complexity index is 580. The van der Waals surface area contributed by atoms with Gasteiger partial charge in [0.2, 0.25) is 5.91 Å². The van der Waals surface area contributed by atoms with Crippen molar-refractivity contribution in [3.63, 3.8) is 0 Å². The molecule has 0 unspecified atom stereocenters. The lowest BCUT2D eigenvalue weighted by atomic mass is 10.1. The molecule has 0 spiro atoms. The maximum absolute atomic E-state index is 12.1. The maximum atomic E-state index is 12.1. The molecular formula is C15H20N6O. The predicted molar refractivity (Wildman–Crippen MR) is 79.2 cm³/mol. The Hall–Kier alpha value is -2.38. The normalized spacial score (nSPS) is 17.9. The Labute approximate surface area is 130 Å². The van der Waals surface area contributed by atoms with Crippen molar-refractivity contribution in [2.75, 3.05) is 26.2 Å². The number of carbonyl (C=O) groups is 1. The van der Waals surface area contributed by atoms with Crippen molar-refractivity contribution in [2.45, 2.75) is 25.3 Å². The SMILES string of the molecule is Cn1cc([C@H]2CCCN2CCC(=O)N(CC#N)CC#N)cn1. The molecule has 1 aromatic rings. The Kier molecular flexibility index (Phi) is 5.51. The molecule has 0 aromatic carbocycles. The first-order chi connectivity index (χ1) is 10.7. The van der Waals surface area contributed by atoms with Crippen molar-refractivity contribution >= 4 is 5.91 Å². The standard InChI is InChI=1S/C15H20N6O/c1-19-12-13(11-18-19)14-3-2-7-20(14)8-4-15(22)21(9-5-16)10-6-17/h11-12,14H,2-4,7-10H2,1H3/t14-/m1/s1.